The highest BCUT2D eigenvalue weighted by Gasteiger charge is 2.22. The number of hydrogen-bond acceptors (Lipinski definition) is 2. The maximum Gasteiger partial charge on any atom is 0.0991 e. The molecule has 0 heterocycles. The molecule has 0 N–H and O–H groups in total. The van der Waals surface area contributed by atoms with E-state index in [0.717, 1.165) is 6.61 Å². The topological polar surface area (TPSA) is 33.0 Å². The molecule has 0 atom stereocenters. The highest BCUT2D eigenvalue weighted by Crippen LogP contribution is 2.35. The van der Waals surface area contributed by atoms with E-state index < -0.39 is 0 Å². The average Bonchev–Trinajstić information content (AvgIpc) is 2.77. The molecule has 1 aliphatic rings. The van der Waals surface area contributed by atoms with Crippen molar-refractivity contribution in [3.05, 3.63) is 59.7 Å². The SMILES string of the molecule is CCCCCCCOC1CCC(c2ccc(-c3ccc(C#N)cc3)cc2)CC1. The van der Waals surface area contributed by atoms with Crippen LogP contribution in [-0.4, -0.2) is 12.7 Å². The van der Waals surface area contributed by atoms with Crippen molar-refractivity contribution in [2.45, 2.75) is 76.7 Å². The van der Waals surface area contributed by atoms with Gasteiger partial charge in [0.2, 0.25) is 0 Å². The van der Waals surface area contributed by atoms with Crippen LogP contribution in [0.1, 0.15) is 81.8 Å². The van der Waals surface area contributed by atoms with Crippen molar-refractivity contribution in [2.24, 2.45) is 0 Å². The molecule has 0 saturated heterocycles. The third-order valence-corrected chi connectivity index (χ3v) is 6.01. The van der Waals surface area contributed by atoms with Gasteiger partial charge in [0.05, 0.1) is 17.7 Å². The Hall–Kier alpha value is -2.11. The van der Waals surface area contributed by atoms with E-state index in [1.165, 1.54) is 74.5 Å². The van der Waals surface area contributed by atoms with Gasteiger partial charge in [-0.3, -0.25) is 0 Å². The normalized spacial score (nSPS) is 19.3. The van der Waals surface area contributed by atoms with E-state index in [4.69, 9.17) is 10.00 Å². The molecule has 0 aromatic heterocycles. The summed E-state index contributed by atoms with van der Waals surface area (Å²) in [7, 11) is 0. The summed E-state index contributed by atoms with van der Waals surface area (Å²) in [5.41, 5.74) is 4.55. The van der Waals surface area contributed by atoms with Crippen molar-refractivity contribution in [1.29, 1.82) is 5.26 Å². The maximum atomic E-state index is 8.93. The van der Waals surface area contributed by atoms with Gasteiger partial charge in [-0.2, -0.15) is 5.26 Å². The van der Waals surface area contributed by atoms with Crippen LogP contribution in [0.15, 0.2) is 48.5 Å². The second-order valence-electron chi connectivity index (χ2n) is 8.07. The molecule has 2 heteroatoms. The third-order valence-electron chi connectivity index (χ3n) is 6.01. The van der Waals surface area contributed by atoms with E-state index in [0.29, 0.717) is 17.6 Å². The third kappa shape index (κ3) is 5.94. The molecule has 0 unspecified atom stereocenters. The van der Waals surface area contributed by atoms with Gasteiger partial charge in [-0.25, -0.2) is 0 Å². The first kappa shape index (κ1) is 20.6. The Kier molecular flexibility index (Phi) is 8.12. The standard InChI is InChI=1S/C26H33NO/c1-2-3-4-5-6-19-28-26-17-15-25(16-18-26)24-13-11-23(12-14-24)22-9-7-21(20-27)8-10-22/h7-14,25-26H,2-6,15-19H2,1H3. The molecule has 1 saturated carbocycles. The molecule has 2 aromatic carbocycles. The molecule has 0 spiro atoms. The Morgan fingerprint density at radius 3 is 2.04 bits per heavy atom. The predicted octanol–water partition coefficient (Wildman–Crippen LogP) is 7.24. The van der Waals surface area contributed by atoms with Crippen molar-refractivity contribution < 1.29 is 4.74 Å². The second kappa shape index (κ2) is 11.0. The van der Waals surface area contributed by atoms with E-state index in [1.807, 2.05) is 24.3 Å². The largest absolute Gasteiger partial charge is 0.378 e. The molecular weight excluding hydrogens is 342 g/mol. The smallest absolute Gasteiger partial charge is 0.0991 e. The van der Waals surface area contributed by atoms with Gasteiger partial charge in [0.15, 0.2) is 0 Å². The summed E-state index contributed by atoms with van der Waals surface area (Å²) < 4.78 is 6.12. The summed E-state index contributed by atoms with van der Waals surface area (Å²) in [5, 5.41) is 8.93. The Balaban J connectivity index is 1.43. The van der Waals surface area contributed by atoms with Crippen LogP contribution in [0.2, 0.25) is 0 Å². The molecule has 1 aliphatic carbocycles. The lowest BCUT2D eigenvalue weighted by Gasteiger charge is -2.29. The molecule has 3 rings (SSSR count). The molecule has 1 fully saturated rings. The average molecular weight is 376 g/mol. The fourth-order valence-electron chi connectivity index (χ4n) is 4.20. The van der Waals surface area contributed by atoms with E-state index in [-0.39, 0.29) is 0 Å². The summed E-state index contributed by atoms with van der Waals surface area (Å²) in [6.45, 7) is 3.20. The lowest BCUT2D eigenvalue weighted by molar-refractivity contribution is 0.0226. The molecule has 2 aromatic rings. The molecule has 0 aliphatic heterocycles. The number of nitriles is 1. The maximum absolute atomic E-state index is 8.93. The van der Waals surface area contributed by atoms with Crippen molar-refractivity contribution >= 4 is 0 Å². The minimum absolute atomic E-state index is 0.473. The lowest BCUT2D eigenvalue weighted by Crippen LogP contribution is -2.21. The number of benzene rings is 2. The number of ether oxygens (including phenoxy) is 1. The number of hydrogen-bond donors (Lipinski definition) is 0. The van der Waals surface area contributed by atoms with Crippen molar-refractivity contribution in [3.63, 3.8) is 0 Å². The van der Waals surface area contributed by atoms with E-state index in [1.54, 1.807) is 0 Å². The van der Waals surface area contributed by atoms with Gasteiger partial charge in [0, 0.05) is 6.61 Å². The Morgan fingerprint density at radius 1 is 0.821 bits per heavy atom. The summed E-state index contributed by atoms with van der Waals surface area (Å²) >= 11 is 0. The van der Waals surface area contributed by atoms with Crippen LogP contribution in [0.3, 0.4) is 0 Å². The molecular formula is C26H33NO. The van der Waals surface area contributed by atoms with Crippen LogP contribution in [0.5, 0.6) is 0 Å². The quantitative estimate of drug-likeness (QED) is 0.433. The van der Waals surface area contributed by atoms with Crippen molar-refractivity contribution in [2.75, 3.05) is 6.61 Å². The number of unbranched alkanes of at least 4 members (excludes halogenated alkanes) is 4. The summed E-state index contributed by atoms with van der Waals surface area (Å²) in [5.74, 6) is 0.666. The molecule has 2 nitrogen and oxygen atoms in total. The van der Waals surface area contributed by atoms with E-state index >= 15 is 0 Å². The second-order valence-corrected chi connectivity index (χ2v) is 8.07. The van der Waals surface area contributed by atoms with Crippen molar-refractivity contribution in [1.82, 2.24) is 0 Å². The first-order chi connectivity index (χ1) is 13.8. The zero-order valence-electron chi connectivity index (χ0n) is 17.2. The van der Waals surface area contributed by atoms with Gasteiger partial charge in [-0.1, -0.05) is 69.0 Å². The number of rotatable bonds is 9. The number of nitrogens with zero attached hydrogens (tertiary/aromatic N) is 1. The van der Waals surface area contributed by atoms with Crippen LogP contribution in [0, 0.1) is 11.3 Å². The van der Waals surface area contributed by atoms with Gasteiger partial charge in [-0.15, -0.1) is 0 Å². The van der Waals surface area contributed by atoms with Crippen molar-refractivity contribution in [3.8, 4) is 17.2 Å². The fraction of sp³-hybridized carbons (Fsp3) is 0.500. The van der Waals surface area contributed by atoms with Gasteiger partial charge in [-0.05, 0) is 66.8 Å². The van der Waals surface area contributed by atoms with Gasteiger partial charge < -0.3 is 4.74 Å². The minimum Gasteiger partial charge on any atom is -0.378 e. The van der Waals surface area contributed by atoms with Gasteiger partial charge in [0.1, 0.15) is 0 Å². The molecule has 0 amide bonds. The molecule has 148 valence electrons. The van der Waals surface area contributed by atoms with Crippen LogP contribution in [0.4, 0.5) is 0 Å². The van der Waals surface area contributed by atoms with E-state index in [2.05, 4.69) is 37.3 Å². The zero-order valence-corrected chi connectivity index (χ0v) is 17.2. The fourth-order valence-corrected chi connectivity index (χ4v) is 4.20. The molecule has 28 heavy (non-hydrogen) atoms. The summed E-state index contributed by atoms with van der Waals surface area (Å²) in [6, 6.07) is 19.0. The Morgan fingerprint density at radius 2 is 1.43 bits per heavy atom. The van der Waals surface area contributed by atoms with Crippen LogP contribution >= 0.6 is 0 Å². The minimum atomic E-state index is 0.473. The monoisotopic (exact) mass is 375 g/mol. The first-order valence-corrected chi connectivity index (χ1v) is 11.0. The van der Waals surface area contributed by atoms with Crippen LogP contribution < -0.4 is 0 Å². The highest BCUT2D eigenvalue weighted by atomic mass is 16.5. The zero-order chi connectivity index (χ0) is 19.6. The summed E-state index contributed by atoms with van der Waals surface area (Å²) in [4.78, 5) is 0. The molecule has 0 bridgehead atoms. The lowest BCUT2D eigenvalue weighted by atomic mass is 9.82. The van der Waals surface area contributed by atoms with Gasteiger partial charge >= 0.3 is 0 Å². The predicted molar refractivity (Wildman–Crippen MR) is 116 cm³/mol. The van der Waals surface area contributed by atoms with Crippen LogP contribution in [0.25, 0.3) is 11.1 Å². The first-order valence-electron chi connectivity index (χ1n) is 11.0. The van der Waals surface area contributed by atoms with Crippen LogP contribution in [-0.2, 0) is 4.74 Å². The van der Waals surface area contributed by atoms with E-state index in [9.17, 15) is 0 Å². The Bertz CT molecular complexity index is 733. The Labute approximate surface area is 170 Å². The van der Waals surface area contributed by atoms with Gasteiger partial charge in [0.25, 0.3) is 0 Å². The summed E-state index contributed by atoms with van der Waals surface area (Å²) in [6.07, 6.45) is 11.9. The highest BCUT2D eigenvalue weighted by molar-refractivity contribution is 5.64. The molecule has 0 radical (unpaired) electrons.